The van der Waals surface area contributed by atoms with Crippen molar-refractivity contribution in [1.29, 1.82) is 5.26 Å². The molecular weight excluding hydrogens is 162 g/mol. The molecule has 0 bridgehead atoms. The van der Waals surface area contributed by atoms with E-state index in [9.17, 15) is 4.79 Å². The van der Waals surface area contributed by atoms with Crippen LogP contribution in [0.15, 0.2) is 4.52 Å². The number of carbonyl (C=O) groups is 1. The maximum Gasteiger partial charge on any atom is 0.361 e. The van der Waals surface area contributed by atoms with Gasteiger partial charge < -0.3 is 15.0 Å². The predicted molar refractivity (Wildman–Crippen MR) is 37.0 cm³/mol. The second kappa shape index (κ2) is 2.92. The summed E-state index contributed by atoms with van der Waals surface area (Å²) in [5.74, 6) is -0.926. The van der Waals surface area contributed by atoms with E-state index in [1.807, 2.05) is 0 Å². The Kier molecular flexibility index (Phi) is 1.96. The van der Waals surface area contributed by atoms with Gasteiger partial charge in [-0.15, -0.1) is 0 Å². The van der Waals surface area contributed by atoms with Crippen LogP contribution in [0.1, 0.15) is 16.1 Å². The lowest BCUT2D eigenvalue weighted by Crippen LogP contribution is -2.03. The van der Waals surface area contributed by atoms with Crippen LogP contribution in [0.5, 0.6) is 0 Å². The summed E-state index contributed by atoms with van der Waals surface area (Å²) in [6.45, 7) is 0. The summed E-state index contributed by atoms with van der Waals surface area (Å²) in [5.41, 5.74) is 4.89. The van der Waals surface area contributed by atoms with Crippen molar-refractivity contribution in [2.75, 3.05) is 12.8 Å². The number of hydrogen-bond donors (Lipinski definition) is 1. The second-order valence-corrected chi connectivity index (χ2v) is 1.87. The van der Waals surface area contributed by atoms with Crippen molar-refractivity contribution >= 4 is 11.9 Å². The lowest BCUT2D eigenvalue weighted by atomic mass is 10.2. The fraction of sp³-hybridized carbons (Fsp3) is 0.167. The zero-order chi connectivity index (χ0) is 9.14. The first-order chi connectivity index (χ1) is 5.70. The Morgan fingerprint density at radius 2 is 2.50 bits per heavy atom. The van der Waals surface area contributed by atoms with Crippen molar-refractivity contribution < 1.29 is 14.1 Å². The molecule has 0 aliphatic carbocycles. The van der Waals surface area contributed by atoms with Gasteiger partial charge in [-0.25, -0.2) is 4.79 Å². The van der Waals surface area contributed by atoms with Gasteiger partial charge in [0.25, 0.3) is 0 Å². The maximum absolute atomic E-state index is 10.9. The fourth-order valence-corrected chi connectivity index (χ4v) is 0.647. The van der Waals surface area contributed by atoms with Crippen LogP contribution < -0.4 is 5.73 Å². The molecule has 62 valence electrons. The highest BCUT2D eigenvalue weighted by Crippen LogP contribution is 2.15. The SMILES string of the molecule is COC(=O)c1noc(N)c1C#N. The van der Waals surface area contributed by atoms with Gasteiger partial charge in [-0.1, -0.05) is 5.16 Å². The molecule has 0 saturated heterocycles. The highest BCUT2D eigenvalue weighted by Gasteiger charge is 2.20. The fourth-order valence-electron chi connectivity index (χ4n) is 0.647. The summed E-state index contributed by atoms with van der Waals surface area (Å²) in [4.78, 5) is 10.9. The third-order valence-electron chi connectivity index (χ3n) is 1.21. The van der Waals surface area contributed by atoms with Gasteiger partial charge in [-0.05, 0) is 0 Å². The summed E-state index contributed by atoms with van der Waals surface area (Å²) in [6.07, 6.45) is 0. The largest absolute Gasteiger partial charge is 0.464 e. The number of methoxy groups -OCH3 is 1. The lowest BCUT2D eigenvalue weighted by molar-refractivity contribution is 0.0589. The van der Waals surface area contributed by atoms with Crippen LogP contribution in [0.2, 0.25) is 0 Å². The number of nitrogens with two attached hydrogens (primary N) is 1. The predicted octanol–water partition coefficient (Wildman–Crippen LogP) is -0.0849. The number of rotatable bonds is 1. The monoisotopic (exact) mass is 167 g/mol. The first-order valence-electron chi connectivity index (χ1n) is 2.94. The van der Waals surface area contributed by atoms with Crippen LogP contribution in [0.4, 0.5) is 5.88 Å². The highest BCUT2D eigenvalue weighted by molar-refractivity contribution is 5.91. The summed E-state index contributed by atoms with van der Waals surface area (Å²) < 4.78 is 8.74. The highest BCUT2D eigenvalue weighted by atomic mass is 16.5. The Balaban J connectivity index is 3.18. The molecule has 0 aromatic carbocycles. The van der Waals surface area contributed by atoms with Gasteiger partial charge in [-0.2, -0.15) is 5.26 Å². The third-order valence-corrected chi connectivity index (χ3v) is 1.21. The van der Waals surface area contributed by atoms with Gasteiger partial charge >= 0.3 is 5.97 Å². The first kappa shape index (κ1) is 8.07. The zero-order valence-electron chi connectivity index (χ0n) is 6.20. The molecule has 0 saturated carbocycles. The number of carbonyl (C=O) groups excluding carboxylic acids is 1. The molecule has 2 N–H and O–H groups in total. The molecule has 1 heterocycles. The molecular formula is C6H5N3O3. The number of nitriles is 1. The number of hydrogen-bond acceptors (Lipinski definition) is 6. The Labute approximate surface area is 67.5 Å². The van der Waals surface area contributed by atoms with Gasteiger partial charge in [0.1, 0.15) is 6.07 Å². The molecule has 0 atom stereocenters. The van der Waals surface area contributed by atoms with Crippen molar-refractivity contribution in [3.05, 3.63) is 11.3 Å². The van der Waals surface area contributed by atoms with Gasteiger partial charge in [-0.3, -0.25) is 0 Å². The van der Waals surface area contributed by atoms with Crippen LogP contribution in [0.25, 0.3) is 0 Å². The van der Waals surface area contributed by atoms with E-state index in [2.05, 4.69) is 14.4 Å². The molecule has 0 spiro atoms. The van der Waals surface area contributed by atoms with E-state index in [1.54, 1.807) is 6.07 Å². The normalized spacial score (nSPS) is 9.00. The van der Waals surface area contributed by atoms with E-state index in [0.29, 0.717) is 0 Å². The van der Waals surface area contributed by atoms with Crippen LogP contribution in [-0.4, -0.2) is 18.2 Å². The topological polar surface area (TPSA) is 102 Å². The zero-order valence-corrected chi connectivity index (χ0v) is 6.20. The molecule has 0 fully saturated rings. The summed E-state index contributed by atoms with van der Waals surface area (Å²) in [6, 6.07) is 1.68. The van der Waals surface area contributed by atoms with Crippen molar-refractivity contribution in [2.24, 2.45) is 0 Å². The molecule has 0 unspecified atom stereocenters. The van der Waals surface area contributed by atoms with Crippen molar-refractivity contribution in [3.8, 4) is 6.07 Å². The van der Waals surface area contributed by atoms with E-state index >= 15 is 0 Å². The number of ether oxygens (including phenoxy) is 1. The minimum Gasteiger partial charge on any atom is -0.464 e. The molecule has 0 aliphatic heterocycles. The number of nitrogen functional groups attached to an aromatic ring is 1. The Hall–Kier alpha value is -2.03. The smallest absolute Gasteiger partial charge is 0.361 e. The average Bonchev–Trinajstić information content (AvgIpc) is 2.45. The minimum absolute atomic E-state index is 0.0955. The van der Waals surface area contributed by atoms with Crippen LogP contribution in [0.3, 0.4) is 0 Å². The standard InChI is InChI=1S/C6H5N3O3/c1-11-6(10)4-3(2-7)5(8)12-9-4/h8H2,1H3. The van der Waals surface area contributed by atoms with Crippen molar-refractivity contribution in [2.45, 2.75) is 0 Å². The average molecular weight is 167 g/mol. The summed E-state index contributed by atoms with van der Waals surface area (Å²) in [7, 11) is 1.17. The third kappa shape index (κ3) is 1.08. The van der Waals surface area contributed by atoms with E-state index < -0.39 is 5.97 Å². The second-order valence-electron chi connectivity index (χ2n) is 1.87. The summed E-state index contributed by atoms with van der Waals surface area (Å²) in [5, 5.41) is 11.8. The van der Waals surface area contributed by atoms with Crippen molar-refractivity contribution in [3.63, 3.8) is 0 Å². The molecule has 0 aliphatic rings. The quantitative estimate of drug-likeness (QED) is 0.586. The minimum atomic E-state index is -0.744. The molecule has 1 aromatic heterocycles. The summed E-state index contributed by atoms with van der Waals surface area (Å²) >= 11 is 0. The molecule has 1 aromatic rings. The molecule has 0 amide bonds. The number of esters is 1. The Morgan fingerprint density at radius 3 is 3.00 bits per heavy atom. The van der Waals surface area contributed by atoms with Gasteiger partial charge in [0, 0.05) is 0 Å². The number of anilines is 1. The van der Waals surface area contributed by atoms with E-state index in [0.717, 1.165) is 0 Å². The van der Waals surface area contributed by atoms with Gasteiger partial charge in [0.15, 0.2) is 5.56 Å². The first-order valence-corrected chi connectivity index (χ1v) is 2.94. The molecule has 6 heteroatoms. The van der Waals surface area contributed by atoms with E-state index in [4.69, 9.17) is 11.0 Å². The van der Waals surface area contributed by atoms with E-state index in [1.165, 1.54) is 7.11 Å². The Bertz CT molecular complexity index is 349. The van der Waals surface area contributed by atoms with E-state index in [-0.39, 0.29) is 17.1 Å². The number of aromatic nitrogens is 1. The molecule has 6 nitrogen and oxygen atoms in total. The Morgan fingerprint density at radius 1 is 1.83 bits per heavy atom. The number of nitrogens with zero attached hydrogens (tertiary/aromatic N) is 2. The van der Waals surface area contributed by atoms with Gasteiger partial charge in [0.05, 0.1) is 7.11 Å². The van der Waals surface area contributed by atoms with Crippen LogP contribution in [-0.2, 0) is 4.74 Å². The van der Waals surface area contributed by atoms with Crippen LogP contribution >= 0.6 is 0 Å². The van der Waals surface area contributed by atoms with Crippen LogP contribution in [0, 0.1) is 11.3 Å². The lowest BCUT2D eigenvalue weighted by Gasteiger charge is -1.90. The molecule has 1 rings (SSSR count). The molecule has 0 radical (unpaired) electrons. The molecule has 12 heavy (non-hydrogen) atoms. The maximum atomic E-state index is 10.9. The van der Waals surface area contributed by atoms with Gasteiger partial charge in [0.2, 0.25) is 11.6 Å². The van der Waals surface area contributed by atoms with Crippen molar-refractivity contribution in [1.82, 2.24) is 5.16 Å².